The van der Waals surface area contributed by atoms with Gasteiger partial charge in [0.1, 0.15) is 11.2 Å². The van der Waals surface area contributed by atoms with Crippen LogP contribution in [-0.4, -0.2) is 4.57 Å². The minimum atomic E-state index is -3.47. The molecule has 5 heteroatoms. The average molecular weight is 815 g/mol. The number of anilines is 3. The van der Waals surface area contributed by atoms with Crippen LogP contribution in [0.25, 0.3) is 49.4 Å². The predicted octanol–water partition coefficient (Wildman–Crippen LogP) is 13.4. The van der Waals surface area contributed by atoms with Gasteiger partial charge in [-0.05, 0) is 109 Å². The van der Waals surface area contributed by atoms with Gasteiger partial charge in [-0.15, -0.1) is 0 Å². The van der Waals surface area contributed by atoms with Crippen LogP contribution in [-0.2, 0) is 9.98 Å². The van der Waals surface area contributed by atoms with Crippen LogP contribution in [0.5, 0.6) is 0 Å². The molecule has 1 spiro atoms. The number of rotatable bonds is 3. The number of para-hydroxylation sites is 3. The third-order valence-corrected chi connectivity index (χ3v) is 16.7. The molecule has 13 rings (SSSR count). The lowest BCUT2D eigenvalue weighted by molar-refractivity contribution is 0.590. The fraction of sp³-hybridized carbons (Fsp3) is 0.0526. The molecule has 9 aromatic carbocycles. The van der Waals surface area contributed by atoms with Gasteiger partial charge in [0, 0.05) is 48.8 Å². The van der Waals surface area contributed by atoms with Crippen molar-refractivity contribution in [2.75, 3.05) is 4.90 Å². The van der Waals surface area contributed by atoms with Crippen molar-refractivity contribution in [2.24, 2.45) is 0 Å². The number of aromatic nitrogens is 1. The van der Waals surface area contributed by atoms with Crippen LogP contribution >= 0.6 is 7.14 Å². The molecule has 0 saturated heterocycles. The first-order valence-electron chi connectivity index (χ1n) is 21.3. The van der Waals surface area contributed by atoms with E-state index in [1.54, 1.807) is 0 Å². The SMILES string of the molecule is Cc1ccc2c(c1)c1cc(C)ccc1n2-c1ccc2c(c1)N(c1ccccc1)c1ccccc1C21c2ccccc2P(=O)(c2ccccc2)c2cc3oc4ccccc4c3cc21. The standard InChI is InChI=1S/C57H39N2O2P/c1-36-25-29-49-42(31-36)43-32-37(2)26-30-50(43)59(49)39-27-28-46-52(33-39)58(38-15-5-3-6-16-38)51-22-12-10-20-45(51)57(46)47-21-11-14-24-55(47)62(60,40-17-7-4-8-18-40)56-35-54-44(34-48(56)57)41-19-9-13-23-53(41)61-54/h3-35H,1-2H3. The van der Waals surface area contributed by atoms with Crippen molar-refractivity contribution in [1.82, 2.24) is 4.57 Å². The van der Waals surface area contributed by atoms with Crippen molar-refractivity contribution in [1.29, 1.82) is 0 Å². The maximum atomic E-state index is 16.7. The molecule has 0 N–H and O–H groups in total. The van der Waals surface area contributed by atoms with Crippen LogP contribution in [0.15, 0.2) is 205 Å². The molecule has 11 aromatic rings. The zero-order chi connectivity index (χ0) is 41.3. The Bertz CT molecular complexity index is 3660. The highest BCUT2D eigenvalue weighted by Crippen LogP contribution is 2.63. The second-order valence-corrected chi connectivity index (χ2v) is 19.6. The molecule has 0 bridgehead atoms. The first-order chi connectivity index (χ1) is 30.4. The van der Waals surface area contributed by atoms with Crippen molar-refractivity contribution in [3.63, 3.8) is 0 Å². The molecule has 2 aliphatic rings. The van der Waals surface area contributed by atoms with Crippen molar-refractivity contribution < 1.29 is 8.98 Å². The summed E-state index contributed by atoms with van der Waals surface area (Å²) in [5, 5.41) is 6.99. The van der Waals surface area contributed by atoms with E-state index in [1.807, 2.05) is 48.5 Å². The van der Waals surface area contributed by atoms with Crippen molar-refractivity contribution >= 4 is 83.9 Å². The van der Waals surface area contributed by atoms with E-state index in [-0.39, 0.29) is 0 Å². The first kappa shape index (κ1) is 35.4. The average Bonchev–Trinajstić information content (AvgIpc) is 3.84. The normalized spacial score (nSPS) is 17.7. The van der Waals surface area contributed by atoms with E-state index in [0.717, 1.165) is 82.9 Å². The molecule has 0 saturated carbocycles. The molecule has 62 heavy (non-hydrogen) atoms. The third-order valence-electron chi connectivity index (χ3n) is 13.5. The Morgan fingerprint density at radius 3 is 1.82 bits per heavy atom. The number of hydrogen-bond donors (Lipinski definition) is 0. The second-order valence-electron chi connectivity index (χ2n) is 16.9. The highest BCUT2D eigenvalue weighted by Gasteiger charge is 2.55. The van der Waals surface area contributed by atoms with E-state index >= 15 is 4.57 Å². The largest absolute Gasteiger partial charge is 0.456 e. The summed E-state index contributed by atoms with van der Waals surface area (Å²) < 4.78 is 25.8. The summed E-state index contributed by atoms with van der Waals surface area (Å²) in [4.78, 5) is 2.43. The van der Waals surface area contributed by atoms with Gasteiger partial charge in [0.15, 0.2) is 7.14 Å². The Morgan fingerprint density at radius 2 is 1.06 bits per heavy atom. The topological polar surface area (TPSA) is 38.4 Å². The van der Waals surface area contributed by atoms with E-state index in [4.69, 9.17) is 4.42 Å². The van der Waals surface area contributed by atoms with Gasteiger partial charge in [0.2, 0.25) is 0 Å². The molecular formula is C57H39N2O2P. The van der Waals surface area contributed by atoms with Crippen molar-refractivity contribution in [3.05, 3.63) is 234 Å². The fourth-order valence-corrected chi connectivity index (χ4v) is 14.1. The molecular weight excluding hydrogens is 776 g/mol. The van der Waals surface area contributed by atoms with E-state index in [1.165, 1.54) is 32.9 Å². The summed E-state index contributed by atoms with van der Waals surface area (Å²) >= 11 is 0. The van der Waals surface area contributed by atoms with Gasteiger partial charge < -0.3 is 18.4 Å². The Morgan fingerprint density at radius 1 is 0.435 bits per heavy atom. The number of furan rings is 1. The smallest absolute Gasteiger partial charge is 0.171 e. The summed E-state index contributed by atoms with van der Waals surface area (Å²) in [7, 11) is -3.47. The fourth-order valence-electron chi connectivity index (χ4n) is 11.0. The molecule has 2 unspecified atom stereocenters. The number of benzene rings is 9. The second kappa shape index (κ2) is 12.8. The van der Waals surface area contributed by atoms with Gasteiger partial charge in [0.25, 0.3) is 0 Å². The van der Waals surface area contributed by atoms with Gasteiger partial charge >= 0.3 is 0 Å². The molecule has 0 radical (unpaired) electrons. The maximum Gasteiger partial charge on any atom is 0.171 e. The molecule has 2 aliphatic heterocycles. The van der Waals surface area contributed by atoms with Gasteiger partial charge in [-0.25, -0.2) is 0 Å². The lowest BCUT2D eigenvalue weighted by Crippen LogP contribution is -2.49. The third kappa shape index (κ3) is 4.60. The van der Waals surface area contributed by atoms with Gasteiger partial charge in [-0.1, -0.05) is 139 Å². The summed E-state index contributed by atoms with van der Waals surface area (Å²) in [6.45, 7) is 4.34. The van der Waals surface area contributed by atoms with Crippen LogP contribution in [0.3, 0.4) is 0 Å². The van der Waals surface area contributed by atoms with Crippen LogP contribution in [0.1, 0.15) is 33.4 Å². The summed E-state index contributed by atoms with van der Waals surface area (Å²) in [6.07, 6.45) is 0. The monoisotopic (exact) mass is 814 g/mol. The summed E-state index contributed by atoms with van der Waals surface area (Å²) in [5.41, 5.74) is 14.1. The number of nitrogens with zero attached hydrogens (tertiary/aromatic N) is 2. The quantitative estimate of drug-likeness (QED) is 0.167. The first-order valence-corrected chi connectivity index (χ1v) is 23.0. The molecule has 2 atom stereocenters. The minimum Gasteiger partial charge on any atom is -0.456 e. The highest BCUT2D eigenvalue weighted by molar-refractivity contribution is 7.85. The predicted molar refractivity (Wildman–Crippen MR) is 257 cm³/mol. The Labute approximate surface area is 359 Å². The van der Waals surface area contributed by atoms with Crippen LogP contribution in [0, 0.1) is 13.8 Å². The number of hydrogen-bond acceptors (Lipinski definition) is 3. The number of fused-ring (bicyclic) bond motifs is 14. The lowest BCUT2D eigenvalue weighted by atomic mass is 9.62. The Kier molecular flexibility index (Phi) is 7.31. The Balaban J connectivity index is 1.21. The minimum absolute atomic E-state index is 0.734. The summed E-state index contributed by atoms with van der Waals surface area (Å²) in [6, 6.07) is 71.4. The van der Waals surface area contributed by atoms with E-state index < -0.39 is 12.6 Å². The van der Waals surface area contributed by atoms with Crippen molar-refractivity contribution in [2.45, 2.75) is 19.3 Å². The molecule has 4 heterocycles. The lowest BCUT2D eigenvalue weighted by Gasteiger charge is -2.50. The molecule has 0 aliphatic carbocycles. The highest BCUT2D eigenvalue weighted by atomic mass is 31.2. The molecule has 0 fully saturated rings. The van der Waals surface area contributed by atoms with Crippen LogP contribution in [0.2, 0.25) is 0 Å². The Hall–Kier alpha value is -7.39. The molecule has 2 aromatic heterocycles. The zero-order valence-corrected chi connectivity index (χ0v) is 35.1. The van der Waals surface area contributed by atoms with E-state index in [2.05, 4.69) is 175 Å². The molecule has 294 valence electrons. The van der Waals surface area contributed by atoms with Gasteiger partial charge in [-0.3, -0.25) is 0 Å². The maximum absolute atomic E-state index is 16.7. The van der Waals surface area contributed by atoms with E-state index in [0.29, 0.717) is 0 Å². The van der Waals surface area contributed by atoms with Crippen LogP contribution in [0.4, 0.5) is 17.1 Å². The van der Waals surface area contributed by atoms with Crippen LogP contribution < -0.4 is 20.8 Å². The van der Waals surface area contributed by atoms with Crippen molar-refractivity contribution in [3.8, 4) is 5.69 Å². The van der Waals surface area contributed by atoms with Gasteiger partial charge in [0.05, 0.1) is 27.8 Å². The summed E-state index contributed by atoms with van der Waals surface area (Å²) in [5.74, 6) is 0. The molecule has 4 nitrogen and oxygen atoms in total. The molecule has 0 amide bonds. The zero-order valence-electron chi connectivity index (χ0n) is 34.2. The van der Waals surface area contributed by atoms with Gasteiger partial charge in [-0.2, -0.15) is 0 Å². The van der Waals surface area contributed by atoms with E-state index in [9.17, 15) is 0 Å². The number of aryl methyl sites for hydroxylation is 2.